The molecule has 1 saturated heterocycles. The summed E-state index contributed by atoms with van der Waals surface area (Å²) in [5.74, 6) is 0. The average Bonchev–Trinajstić information content (AvgIpc) is 1.20. The molecule has 1 heterocycles. The summed E-state index contributed by atoms with van der Waals surface area (Å²) >= 11 is 9.77. The molecule has 8 heavy (non-hydrogen) atoms. The fraction of sp³-hybridized carbons (Fsp3) is 0. The first-order chi connectivity index (χ1) is 3.41. The van der Waals surface area contributed by atoms with Crippen LogP contribution in [-0.4, -0.2) is 0 Å². The van der Waals surface area contributed by atoms with Gasteiger partial charge in [0.2, 0.25) is 9.50 Å². The molecule has 1 aliphatic rings. The van der Waals surface area contributed by atoms with Gasteiger partial charge in [-0.3, -0.25) is 0 Å². The second-order valence-corrected chi connectivity index (χ2v) is 20.2. The van der Waals surface area contributed by atoms with Crippen LogP contribution in [0.15, 0.2) is 0 Å². The fourth-order valence-corrected chi connectivity index (χ4v) is 31.3. The number of halogens is 2. The van der Waals surface area contributed by atoms with Crippen molar-refractivity contribution in [3.05, 3.63) is 0 Å². The second-order valence-electron chi connectivity index (χ2n) is 1.02. The zero-order valence-electron chi connectivity index (χ0n) is 3.28. The molecule has 0 aromatic carbocycles. The summed E-state index contributed by atoms with van der Waals surface area (Å²) in [5.41, 5.74) is 0. The van der Waals surface area contributed by atoms with E-state index in [0.29, 0.717) is 22.0 Å². The van der Waals surface area contributed by atoms with Gasteiger partial charge in [0.05, 0.1) is 0 Å². The summed E-state index contributed by atoms with van der Waals surface area (Å²) in [4.78, 5) is 0. The van der Waals surface area contributed by atoms with Crippen molar-refractivity contribution in [2.45, 2.75) is 0 Å². The molecule has 0 aromatic heterocycles. The Labute approximate surface area is 63.4 Å². The van der Waals surface area contributed by atoms with E-state index in [9.17, 15) is 8.39 Å². The third-order valence-corrected chi connectivity index (χ3v) is 24.9. The molecule has 0 N–H and O–H groups in total. The minimum absolute atomic E-state index is 0.569. The lowest BCUT2D eigenvalue weighted by molar-refractivity contribution is 0.921. The Morgan fingerprint density at radius 2 is 1.25 bits per heavy atom. The fourth-order valence-electron chi connectivity index (χ4n) is 0.239. The largest absolute Gasteiger partial charge is 0.234 e. The summed E-state index contributed by atoms with van der Waals surface area (Å²) in [7, 11) is 0. The van der Waals surface area contributed by atoms with E-state index in [4.69, 9.17) is 0 Å². The lowest BCUT2D eigenvalue weighted by Crippen LogP contribution is -1.66. The summed E-state index contributed by atoms with van der Waals surface area (Å²) in [6.07, 6.45) is 0. The molecule has 1 aliphatic heterocycles. The molecular weight excluding hydrogens is 228 g/mol. The van der Waals surface area contributed by atoms with Gasteiger partial charge in [-0.25, -0.2) is 0 Å². The molecular formula is F2P2S4. The molecule has 0 saturated carbocycles. The second kappa shape index (κ2) is 2.18. The molecule has 0 nitrogen and oxygen atoms in total. The van der Waals surface area contributed by atoms with Crippen LogP contribution < -0.4 is 0 Å². The van der Waals surface area contributed by atoms with Crippen molar-refractivity contribution in [2.75, 3.05) is 0 Å². The molecule has 48 valence electrons. The van der Waals surface area contributed by atoms with Gasteiger partial charge in [-0.05, 0) is 45.6 Å². The van der Waals surface area contributed by atoms with Crippen LogP contribution in [0.1, 0.15) is 0 Å². The van der Waals surface area contributed by atoms with Gasteiger partial charge in [0.15, 0.2) is 0 Å². The van der Waals surface area contributed by atoms with Crippen LogP contribution in [0.2, 0.25) is 0 Å². The molecule has 0 bridgehead atoms. The van der Waals surface area contributed by atoms with Crippen molar-refractivity contribution in [3.63, 3.8) is 0 Å². The predicted molar refractivity (Wildman–Crippen MR) is 46.0 cm³/mol. The first kappa shape index (κ1) is 7.96. The van der Waals surface area contributed by atoms with E-state index in [0.717, 1.165) is 0 Å². The van der Waals surface area contributed by atoms with E-state index in [1.54, 1.807) is 0 Å². The summed E-state index contributed by atoms with van der Waals surface area (Å²) in [6.45, 7) is 0. The predicted octanol–water partition coefficient (Wildman–Crippen LogP) is 3.85. The first-order valence-electron chi connectivity index (χ1n) is 1.43. The van der Waals surface area contributed by atoms with E-state index in [2.05, 4.69) is 23.6 Å². The zero-order valence-corrected chi connectivity index (χ0v) is 8.34. The smallest absolute Gasteiger partial charge is 0.193 e. The minimum atomic E-state index is -2.85. The molecule has 8 heteroatoms. The van der Waals surface area contributed by atoms with Gasteiger partial charge in [0.25, 0.3) is 0 Å². The Hall–Kier alpha value is 1.86. The van der Waals surface area contributed by atoms with E-state index in [1.165, 1.54) is 0 Å². The summed E-state index contributed by atoms with van der Waals surface area (Å²) < 4.78 is 18.8. The van der Waals surface area contributed by atoms with Gasteiger partial charge < -0.3 is 0 Å². The molecule has 1 rings (SSSR count). The van der Waals surface area contributed by atoms with Crippen LogP contribution in [0.5, 0.6) is 0 Å². The van der Waals surface area contributed by atoms with Crippen LogP contribution in [-0.2, 0) is 23.6 Å². The van der Waals surface area contributed by atoms with E-state index >= 15 is 0 Å². The van der Waals surface area contributed by atoms with Crippen molar-refractivity contribution >= 4 is 55.1 Å². The highest BCUT2D eigenvalue weighted by molar-refractivity contribution is 9.44. The van der Waals surface area contributed by atoms with Gasteiger partial charge in [-0.1, -0.05) is 0 Å². The molecule has 0 atom stereocenters. The summed E-state index contributed by atoms with van der Waals surface area (Å²) in [6, 6.07) is 0. The SMILES string of the molecule is FP1(=S)SP(F)(=S)S1. The third kappa shape index (κ3) is 1.93. The summed E-state index contributed by atoms with van der Waals surface area (Å²) in [5, 5.41) is 0. The van der Waals surface area contributed by atoms with Gasteiger partial charge in [-0.15, -0.1) is 0 Å². The maximum atomic E-state index is 12.3. The van der Waals surface area contributed by atoms with Crippen LogP contribution in [0.25, 0.3) is 0 Å². The Balaban J connectivity index is 2.68. The molecule has 0 aliphatic carbocycles. The van der Waals surface area contributed by atoms with Gasteiger partial charge in [0, 0.05) is 0 Å². The molecule has 1 fully saturated rings. The van der Waals surface area contributed by atoms with Crippen molar-refractivity contribution in [2.24, 2.45) is 0 Å². The van der Waals surface area contributed by atoms with Crippen LogP contribution in [0.3, 0.4) is 0 Å². The quantitative estimate of drug-likeness (QED) is 0.577. The average molecular weight is 228 g/mol. The van der Waals surface area contributed by atoms with E-state index in [-0.39, 0.29) is 0 Å². The Morgan fingerprint density at radius 3 is 1.25 bits per heavy atom. The standard InChI is InChI=1S/F2P2S4/c1-3(5)7-4(2,6)8-3. The van der Waals surface area contributed by atoms with Crippen molar-refractivity contribution in [1.82, 2.24) is 0 Å². The lowest BCUT2D eigenvalue weighted by Gasteiger charge is -2.25. The van der Waals surface area contributed by atoms with Gasteiger partial charge >= 0.3 is 0 Å². The highest BCUT2D eigenvalue weighted by Gasteiger charge is 2.45. The van der Waals surface area contributed by atoms with Crippen LogP contribution in [0, 0.1) is 0 Å². The van der Waals surface area contributed by atoms with Gasteiger partial charge in [0.1, 0.15) is 0 Å². The monoisotopic (exact) mass is 228 g/mol. The lowest BCUT2D eigenvalue weighted by atomic mass is 18.9. The maximum Gasteiger partial charge on any atom is 0.234 e. The Bertz CT molecular complexity index is 162. The number of hydrogen-bond acceptors (Lipinski definition) is 4. The third-order valence-electron chi connectivity index (χ3n) is 0.390. The molecule has 0 aromatic rings. The topological polar surface area (TPSA) is 0 Å². The normalized spacial score (nSPS) is 55.2. The van der Waals surface area contributed by atoms with E-state index in [1.807, 2.05) is 0 Å². The molecule has 0 amide bonds. The van der Waals surface area contributed by atoms with Crippen molar-refractivity contribution in [3.8, 4) is 0 Å². The molecule has 0 unspecified atom stereocenters. The van der Waals surface area contributed by atoms with Gasteiger partial charge in [-0.2, -0.15) is 8.39 Å². The Kier molecular flexibility index (Phi) is 2.17. The van der Waals surface area contributed by atoms with Crippen molar-refractivity contribution in [1.29, 1.82) is 0 Å². The number of rotatable bonds is 0. The highest BCUT2D eigenvalue weighted by atomic mass is 33.7. The number of hydrogen-bond donors (Lipinski definition) is 0. The van der Waals surface area contributed by atoms with Crippen LogP contribution >= 0.6 is 31.5 Å². The maximum absolute atomic E-state index is 12.3. The molecule has 0 radical (unpaired) electrons. The highest BCUT2D eigenvalue weighted by Crippen LogP contribution is 3.06. The molecule has 0 spiro atoms. The van der Waals surface area contributed by atoms with Crippen molar-refractivity contribution < 1.29 is 8.39 Å². The van der Waals surface area contributed by atoms with Crippen LogP contribution in [0.4, 0.5) is 8.39 Å². The first-order valence-corrected chi connectivity index (χ1v) is 10.9. The zero-order chi connectivity index (χ0) is 6.41. The Morgan fingerprint density at radius 1 is 1.00 bits per heavy atom. The van der Waals surface area contributed by atoms with E-state index < -0.39 is 9.50 Å². The minimum Gasteiger partial charge on any atom is -0.193 e.